The van der Waals surface area contributed by atoms with Gasteiger partial charge in [-0.25, -0.2) is 0 Å². The predicted octanol–water partition coefficient (Wildman–Crippen LogP) is 1.13. The van der Waals surface area contributed by atoms with Crippen molar-refractivity contribution in [2.45, 2.75) is 26.3 Å². The van der Waals surface area contributed by atoms with E-state index >= 15 is 0 Å². The summed E-state index contributed by atoms with van der Waals surface area (Å²) in [5.74, 6) is -0.633. The number of rotatable bonds is 6. The van der Waals surface area contributed by atoms with Gasteiger partial charge >= 0.3 is 0 Å². The Morgan fingerprint density at radius 2 is 1.80 bits per heavy atom. The van der Waals surface area contributed by atoms with Crippen LogP contribution >= 0.6 is 12.4 Å². The molecule has 0 aliphatic carbocycles. The number of carbonyl (C=O) groups excluding carboxylic acids is 2. The molecule has 0 radical (unpaired) electrons. The van der Waals surface area contributed by atoms with Gasteiger partial charge in [-0.05, 0) is 19.4 Å². The molecule has 0 bridgehead atoms. The van der Waals surface area contributed by atoms with E-state index in [1.165, 1.54) is 0 Å². The van der Waals surface area contributed by atoms with Crippen molar-refractivity contribution in [3.8, 4) is 0 Å². The summed E-state index contributed by atoms with van der Waals surface area (Å²) in [5.41, 5.74) is 11.3. The molecule has 1 aromatic carbocycles. The number of carbonyl (C=O) groups is 2. The molecule has 0 spiro atoms. The van der Waals surface area contributed by atoms with Crippen LogP contribution in [0, 0.1) is 5.41 Å². The van der Waals surface area contributed by atoms with E-state index in [9.17, 15) is 9.59 Å². The average Bonchev–Trinajstić information content (AvgIpc) is 2.37. The van der Waals surface area contributed by atoms with Crippen LogP contribution in [-0.2, 0) is 9.59 Å². The Labute approximate surface area is 125 Å². The number of benzene rings is 1. The van der Waals surface area contributed by atoms with Crippen molar-refractivity contribution in [1.82, 2.24) is 5.32 Å². The Hall–Kier alpha value is -1.59. The van der Waals surface area contributed by atoms with E-state index < -0.39 is 11.3 Å². The number of amides is 2. The van der Waals surface area contributed by atoms with Crippen LogP contribution in [0.4, 0.5) is 0 Å². The maximum atomic E-state index is 11.8. The van der Waals surface area contributed by atoms with Crippen molar-refractivity contribution in [3.63, 3.8) is 0 Å². The van der Waals surface area contributed by atoms with Gasteiger partial charge < -0.3 is 16.8 Å². The number of nitrogens with one attached hydrogen (secondary N) is 1. The Balaban J connectivity index is 0.00000361. The molecule has 112 valence electrons. The summed E-state index contributed by atoms with van der Waals surface area (Å²) in [7, 11) is 0. The minimum absolute atomic E-state index is 0. The molecule has 1 unspecified atom stereocenters. The van der Waals surface area contributed by atoms with E-state index in [4.69, 9.17) is 11.5 Å². The zero-order valence-corrected chi connectivity index (χ0v) is 12.6. The van der Waals surface area contributed by atoms with Gasteiger partial charge in [0.1, 0.15) is 0 Å². The molecule has 1 aromatic rings. The maximum Gasteiger partial charge on any atom is 0.224 e. The highest BCUT2D eigenvalue weighted by Crippen LogP contribution is 2.14. The highest BCUT2D eigenvalue weighted by atomic mass is 35.5. The third-order valence-corrected chi connectivity index (χ3v) is 3.03. The molecule has 20 heavy (non-hydrogen) atoms. The zero-order valence-electron chi connectivity index (χ0n) is 11.8. The first kappa shape index (κ1) is 18.4. The van der Waals surface area contributed by atoms with E-state index in [-0.39, 0.29) is 37.3 Å². The van der Waals surface area contributed by atoms with E-state index in [0.29, 0.717) is 0 Å². The van der Waals surface area contributed by atoms with E-state index in [1.807, 2.05) is 30.3 Å². The van der Waals surface area contributed by atoms with Gasteiger partial charge in [0, 0.05) is 19.0 Å². The van der Waals surface area contributed by atoms with Crippen LogP contribution in [-0.4, -0.2) is 18.4 Å². The van der Waals surface area contributed by atoms with Crippen LogP contribution in [0.25, 0.3) is 0 Å². The first-order valence-corrected chi connectivity index (χ1v) is 6.20. The highest BCUT2D eigenvalue weighted by Gasteiger charge is 2.25. The quantitative estimate of drug-likeness (QED) is 0.734. The van der Waals surface area contributed by atoms with Gasteiger partial charge in [0.2, 0.25) is 11.8 Å². The molecule has 5 nitrogen and oxygen atoms in total. The van der Waals surface area contributed by atoms with Crippen molar-refractivity contribution < 1.29 is 9.59 Å². The molecule has 1 atom stereocenters. The summed E-state index contributed by atoms with van der Waals surface area (Å²) < 4.78 is 0. The van der Waals surface area contributed by atoms with Gasteiger partial charge in [0.15, 0.2) is 0 Å². The molecule has 0 heterocycles. The molecular formula is C14H22ClN3O2. The smallest absolute Gasteiger partial charge is 0.224 e. The van der Waals surface area contributed by atoms with Crippen LogP contribution in [0.3, 0.4) is 0 Å². The van der Waals surface area contributed by atoms with Crippen LogP contribution < -0.4 is 16.8 Å². The molecule has 0 saturated carbocycles. The van der Waals surface area contributed by atoms with Gasteiger partial charge in [-0.15, -0.1) is 12.4 Å². The molecule has 6 heteroatoms. The zero-order chi connectivity index (χ0) is 14.5. The third kappa shape index (κ3) is 5.59. The van der Waals surface area contributed by atoms with Crippen molar-refractivity contribution in [1.29, 1.82) is 0 Å². The molecular weight excluding hydrogens is 278 g/mol. The lowest BCUT2D eigenvalue weighted by Crippen LogP contribution is -2.42. The van der Waals surface area contributed by atoms with Crippen LogP contribution in [0.5, 0.6) is 0 Å². The van der Waals surface area contributed by atoms with Crippen molar-refractivity contribution in [3.05, 3.63) is 35.9 Å². The summed E-state index contributed by atoms with van der Waals surface area (Å²) >= 11 is 0. The van der Waals surface area contributed by atoms with Gasteiger partial charge in [-0.3, -0.25) is 9.59 Å². The van der Waals surface area contributed by atoms with Gasteiger partial charge in [-0.1, -0.05) is 30.3 Å². The Morgan fingerprint density at radius 1 is 1.25 bits per heavy atom. The van der Waals surface area contributed by atoms with Crippen molar-refractivity contribution >= 4 is 24.2 Å². The number of hydrogen-bond acceptors (Lipinski definition) is 3. The second kappa shape index (κ2) is 7.87. The topological polar surface area (TPSA) is 98.2 Å². The first-order chi connectivity index (χ1) is 8.83. The molecule has 0 aromatic heterocycles. The van der Waals surface area contributed by atoms with E-state index in [1.54, 1.807) is 13.8 Å². The standard InChI is InChI=1S/C14H21N3O2.ClH/c1-14(2,13(16)19)9-17-12(18)8-11(15)10-6-4-3-5-7-10;/h3-7,11H,8-9,15H2,1-2H3,(H2,16,19)(H,17,18);1H. The number of nitrogens with two attached hydrogens (primary N) is 2. The van der Waals surface area contributed by atoms with E-state index in [0.717, 1.165) is 5.56 Å². The number of hydrogen-bond donors (Lipinski definition) is 3. The Morgan fingerprint density at radius 3 is 2.30 bits per heavy atom. The summed E-state index contributed by atoms with van der Waals surface area (Å²) in [5, 5.41) is 2.69. The first-order valence-electron chi connectivity index (χ1n) is 6.20. The lowest BCUT2D eigenvalue weighted by Gasteiger charge is -2.21. The molecule has 0 saturated heterocycles. The minimum Gasteiger partial charge on any atom is -0.369 e. The average molecular weight is 300 g/mol. The number of primary amides is 1. The minimum atomic E-state index is -0.757. The summed E-state index contributed by atoms with van der Waals surface area (Å²) in [4.78, 5) is 22.9. The second-order valence-electron chi connectivity index (χ2n) is 5.25. The maximum absolute atomic E-state index is 11.8. The normalized spacial score (nSPS) is 12.2. The SMILES string of the molecule is CC(C)(CNC(=O)CC(N)c1ccccc1)C(N)=O.Cl. The lowest BCUT2D eigenvalue weighted by molar-refractivity contribution is -0.127. The molecule has 0 aliphatic heterocycles. The van der Waals surface area contributed by atoms with Crippen molar-refractivity contribution in [2.75, 3.05) is 6.54 Å². The Kier molecular flexibility index (Phi) is 7.24. The number of halogens is 1. The van der Waals surface area contributed by atoms with Crippen LogP contribution in [0.15, 0.2) is 30.3 Å². The molecule has 2 amide bonds. The second-order valence-corrected chi connectivity index (χ2v) is 5.25. The fourth-order valence-electron chi connectivity index (χ4n) is 1.50. The predicted molar refractivity (Wildman–Crippen MR) is 81.2 cm³/mol. The van der Waals surface area contributed by atoms with E-state index in [2.05, 4.69) is 5.32 Å². The Bertz CT molecular complexity index is 449. The third-order valence-electron chi connectivity index (χ3n) is 3.03. The summed E-state index contributed by atoms with van der Waals surface area (Å²) in [6.07, 6.45) is 0.179. The highest BCUT2D eigenvalue weighted by molar-refractivity contribution is 5.85. The molecule has 0 fully saturated rings. The van der Waals surface area contributed by atoms with Crippen LogP contribution in [0.1, 0.15) is 31.9 Å². The van der Waals surface area contributed by atoms with Gasteiger partial charge in [0.05, 0.1) is 5.41 Å². The molecule has 1 rings (SSSR count). The molecule has 5 N–H and O–H groups in total. The molecule has 0 aliphatic rings. The fraction of sp³-hybridized carbons (Fsp3) is 0.429. The van der Waals surface area contributed by atoms with Crippen molar-refractivity contribution in [2.24, 2.45) is 16.9 Å². The fourth-order valence-corrected chi connectivity index (χ4v) is 1.50. The largest absolute Gasteiger partial charge is 0.369 e. The summed E-state index contributed by atoms with van der Waals surface area (Å²) in [6.45, 7) is 3.59. The summed E-state index contributed by atoms with van der Waals surface area (Å²) in [6, 6.07) is 9.06. The van der Waals surface area contributed by atoms with Gasteiger partial charge in [0.25, 0.3) is 0 Å². The van der Waals surface area contributed by atoms with Gasteiger partial charge in [-0.2, -0.15) is 0 Å². The lowest BCUT2D eigenvalue weighted by atomic mass is 9.92. The monoisotopic (exact) mass is 299 g/mol. The van der Waals surface area contributed by atoms with Crippen LogP contribution in [0.2, 0.25) is 0 Å².